The van der Waals surface area contributed by atoms with E-state index in [1.54, 1.807) is 24.3 Å². The summed E-state index contributed by atoms with van der Waals surface area (Å²) in [6.45, 7) is 1.52. The van der Waals surface area contributed by atoms with Crippen molar-refractivity contribution in [2.45, 2.75) is 24.3 Å². The van der Waals surface area contributed by atoms with Crippen LogP contribution in [0.4, 0.5) is 18.2 Å². The molecule has 0 spiro atoms. The van der Waals surface area contributed by atoms with E-state index in [9.17, 15) is 23.2 Å². The third kappa shape index (κ3) is 5.52. The zero-order valence-electron chi connectivity index (χ0n) is 17.7. The molecule has 1 aromatic carbocycles. The number of hydrogen-bond donors (Lipinski definition) is 1. The topological polar surface area (TPSA) is 81.9 Å². The number of hydrogen-bond acceptors (Lipinski definition) is 7. The van der Waals surface area contributed by atoms with Crippen LogP contribution in [0.25, 0.3) is 11.3 Å². The van der Waals surface area contributed by atoms with Crippen molar-refractivity contribution in [3.63, 3.8) is 0 Å². The van der Waals surface area contributed by atoms with Crippen LogP contribution in [-0.4, -0.2) is 40.1 Å². The number of nitrogens with zero attached hydrogens (tertiary/aromatic N) is 4. The predicted molar refractivity (Wildman–Crippen MR) is 126 cm³/mol. The van der Waals surface area contributed by atoms with E-state index in [0.29, 0.717) is 27.7 Å². The number of rotatable bonds is 5. The van der Waals surface area contributed by atoms with Crippen molar-refractivity contribution in [1.82, 2.24) is 14.9 Å². The monoisotopic (exact) mass is 523 g/mol. The second kappa shape index (κ2) is 9.92. The Kier molecular flexibility index (Phi) is 7.14. The zero-order valence-corrected chi connectivity index (χ0v) is 20.1. The number of likely N-dealkylation sites (N-methyl/N-ethyl adjacent to an activating group) is 1. The molecule has 0 saturated heterocycles. The van der Waals surface area contributed by atoms with E-state index < -0.39 is 17.8 Å². The minimum absolute atomic E-state index is 0.0729. The number of anilines is 1. The highest BCUT2D eigenvalue weighted by Crippen LogP contribution is 2.37. The first-order chi connectivity index (χ1) is 16.1. The molecule has 176 valence electrons. The molecule has 1 aliphatic heterocycles. The van der Waals surface area contributed by atoms with Crippen molar-refractivity contribution >= 4 is 45.6 Å². The van der Waals surface area contributed by atoms with Crippen LogP contribution >= 0.6 is 34.7 Å². The van der Waals surface area contributed by atoms with Crippen molar-refractivity contribution in [2.24, 2.45) is 0 Å². The predicted octanol–water partition coefficient (Wildman–Crippen LogP) is 5.47. The maximum absolute atomic E-state index is 13.4. The molecule has 0 atom stereocenters. The minimum Gasteiger partial charge on any atom is -0.316 e. The van der Waals surface area contributed by atoms with Gasteiger partial charge in [-0.05, 0) is 37.2 Å². The Bertz CT molecular complexity index is 1270. The van der Waals surface area contributed by atoms with Gasteiger partial charge in [0.15, 0.2) is 5.16 Å². The Morgan fingerprint density at radius 1 is 1.32 bits per heavy atom. The molecule has 6 nitrogen and oxygen atoms in total. The molecule has 0 saturated carbocycles. The van der Waals surface area contributed by atoms with Crippen LogP contribution in [0.1, 0.15) is 21.7 Å². The van der Waals surface area contributed by atoms with Gasteiger partial charge in [-0.1, -0.05) is 35.5 Å². The molecule has 0 aliphatic carbocycles. The summed E-state index contributed by atoms with van der Waals surface area (Å²) in [5, 5.41) is 13.0. The lowest BCUT2D eigenvalue weighted by Crippen LogP contribution is -2.25. The van der Waals surface area contributed by atoms with Crippen LogP contribution < -0.4 is 5.32 Å². The molecule has 34 heavy (non-hydrogen) atoms. The second-order valence-electron chi connectivity index (χ2n) is 7.57. The van der Waals surface area contributed by atoms with Crippen LogP contribution in [0.3, 0.4) is 0 Å². The van der Waals surface area contributed by atoms with Crippen LogP contribution in [-0.2, 0) is 23.9 Å². The van der Waals surface area contributed by atoms with E-state index in [0.717, 1.165) is 41.2 Å². The summed E-state index contributed by atoms with van der Waals surface area (Å²) in [7, 11) is 1.98. The molecular weight excluding hydrogens is 507 g/mol. The number of benzene rings is 1. The molecule has 0 fully saturated rings. The highest BCUT2D eigenvalue weighted by Gasteiger charge is 2.34. The first-order valence-electron chi connectivity index (χ1n) is 10.0. The van der Waals surface area contributed by atoms with Gasteiger partial charge in [0, 0.05) is 28.6 Å². The van der Waals surface area contributed by atoms with Gasteiger partial charge in [0.1, 0.15) is 16.8 Å². The standard InChI is InChI=1S/C22H17ClF3N5OS2/c1-31-7-6-14-15(9-27)20(34-17(14)10-31)30-19(32)11-33-21-28-16(8-18(29-21)22(24,25)26)12-2-4-13(23)5-3-12/h2-5,8H,6-7,10-11H2,1H3,(H,30,32). The lowest BCUT2D eigenvalue weighted by atomic mass is 10.0. The summed E-state index contributed by atoms with van der Waals surface area (Å²) < 4.78 is 40.2. The van der Waals surface area contributed by atoms with Crippen LogP contribution in [0, 0.1) is 11.3 Å². The van der Waals surface area contributed by atoms with Gasteiger partial charge in [-0.3, -0.25) is 4.79 Å². The fraction of sp³-hybridized carbons (Fsp3) is 0.273. The molecule has 0 bridgehead atoms. The molecule has 12 heteroatoms. The number of nitrogens with one attached hydrogen (secondary N) is 1. The average Bonchev–Trinajstić information content (AvgIpc) is 3.13. The number of alkyl halides is 3. The van der Waals surface area contributed by atoms with Crippen molar-refractivity contribution in [1.29, 1.82) is 5.26 Å². The van der Waals surface area contributed by atoms with Gasteiger partial charge in [0.25, 0.3) is 0 Å². The van der Waals surface area contributed by atoms with E-state index in [1.165, 1.54) is 11.3 Å². The number of carbonyl (C=O) groups excluding carboxylic acids is 1. The van der Waals surface area contributed by atoms with Gasteiger partial charge in [-0.2, -0.15) is 18.4 Å². The number of aromatic nitrogens is 2. The van der Waals surface area contributed by atoms with E-state index in [4.69, 9.17) is 11.6 Å². The quantitative estimate of drug-likeness (QED) is 0.353. The molecule has 0 unspecified atom stereocenters. The highest BCUT2D eigenvalue weighted by atomic mass is 35.5. The molecule has 1 aliphatic rings. The molecule has 2 aromatic heterocycles. The van der Waals surface area contributed by atoms with Crippen LogP contribution in [0.2, 0.25) is 5.02 Å². The van der Waals surface area contributed by atoms with Crippen molar-refractivity contribution < 1.29 is 18.0 Å². The number of carbonyl (C=O) groups is 1. The van der Waals surface area contributed by atoms with E-state index in [2.05, 4.69) is 26.3 Å². The Morgan fingerprint density at radius 2 is 2.06 bits per heavy atom. The maximum atomic E-state index is 13.4. The van der Waals surface area contributed by atoms with Gasteiger partial charge in [-0.15, -0.1) is 11.3 Å². The molecule has 1 N–H and O–H groups in total. The van der Waals surface area contributed by atoms with Gasteiger partial charge in [0.2, 0.25) is 5.91 Å². The third-order valence-electron chi connectivity index (χ3n) is 5.08. The van der Waals surface area contributed by atoms with Crippen molar-refractivity contribution in [3.05, 3.63) is 57.1 Å². The van der Waals surface area contributed by atoms with E-state index in [1.807, 2.05) is 7.05 Å². The fourth-order valence-corrected chi connectivity index (χ4v) is 5.51. The summed E-state index contributed by atoms with van der Waals surface area (Å²) in [4.78, 5) is 23.5. The maximum Gasteiger partial charge on any atom is 0.433 e. The second-order valence-corrected chi connectivity index (χ2v) is 10.1. The smallest absolute Gasteiger partial charge is 0.316 e. The Labute approximate surface area is 206 Å². The molecule has 4 rings (SSSR count). The summed E-state index contributed by atoms with van der Waals surface area (Å²) in [5.41, 5.74) is 0.812. The van der Waals surface area contributed by atoms with Crippen LogP contribution in [0.15, 0.2) is 35.5 Å². The van der Waals surface area contributed by atoms with Gasteiger partial charge >= 0.3 is 6.18 Å². The number of thiophene rings is 1. The number of halogens is 4. The number of amides is 1. The molecule has 0 radical (unpaired) electrons. The molecule has 3 aromatic rings. The molecule has 3 heterocycles. The number of thioether (sulfide) groups is 1. The lowest BCUT2D eigenvalue weighted by molar-refractivity contribution is -0.141. The van der Waals surface area contributed by atoms with Crippen molar-refractivity contribution in [2.75, 3.05) is 24.7 Å². The Balaban J connectivity index is 1.52. The number of nitriles is 1. The SMILES string of the molecule is CN1CCc2c(sc(NC(=O)CSc3nc(-c4ccc(Cl)cc4)cc(C(F)(F)F)n3)c2C#N)C1. The lowest BCUT2D eigenvalue weighted by Gasteiger charge is -2.21. The first kappa shape index (κ1) is 24.5. The first-order valence-corrected chi connectivity index (χ1v) is 12.2. The summed E-state index contributed by atoms with van der Waals surface area (Å²) in [5.74, 6) is -0.670. The van der Waals surface area contributed by atoms with Gasteiger partial charge < -0.3 is 10.2 Å². The third-order valence-corrected chi connectivity index (χ3v) is 7.31. The zero-order chi connectivity index (χ0) is 24.5. The van der Waals surface area contributed by atoms with Crippen molar-refractivity contribution in [3.8, 4) is 17.3 Å². The summed E-state index contributed by atoms with van der Waals surface area (Å²) in [6.07, 6.45) is -3.95. The van der Waals surface area contributed by atoms with E-state index in [-0.39, 0.29) is 16.6 Å². The Morgan fingerprint density at radius 3 is 2.74 bits per heavy atom. The Hall–Kier alpha value is -2.65. The van der Waals surface area contributed by atoms with Crippen LogP contribution in [0.5, 0.6) is 0 Å². The largest absolute Gasteiger partial charge is 0.433 e. The minimum atomic E-state index is -4.67. The summed E-state index contributed by atoms with van der Waals surface area (Å²) >= 11 is 8.01. The highest BCUT2D eigenvalue weighted by molar-refractivity contribution is 7.99. The fourth-order valence-electron chi connectivity index (χ4n) is 3.43. The normalized spacial score (nSPS) is 13.9. The van der Waals surface area contributed by atoms with E-state index >= 15 is 0 Å². The number of fused-ring (bicyclic) bond motifs is 1. The van der Waals surface area contributed by atoms with Gasteiger partial charge in [0.05, 0.1) is 17.0 Å². The summed E-state index contributed by atoms with van der Waals surface area (Å²) in [6, 6.07) is 9.25. The molecule has 1 amide bonds. The average molecular weight is 524 g/mol. The molecular formula is C22H17ClF3N5OS2. The van der Waals surface area contributed by atoms with Gasteiger partial charge in [-0.25, -0.2) is 9.97 Å².